The Balaban J connectivity index is 1.59. The summed E-state index contributed by atoms with van der Waals surface area (Å²) in [7, 11) is 0. The lowest BCUT2D eigenvalue weighted by atomic mass is 10.1. The molecule has 3 rings (SSSR count). The maximum atomic E-state index is 12.2. The number of hydrogen-bond acceptors (Lipinski definition) is 4. The number of carbonyl (C=O) groups is 2. The summed E-state index contributed by atoms with van der Waals surface area (Å²) in [6, 6.07) is 11.2. The minimum atomic E-state index is -0.333. The fourth-order valence-corrected chi connectivity index (χ4v) is 2.56. The number of para-hydroxylation sites is 1. The van der Waals surface area contributed by atoms with Gasteiger partial charge in [-0.15, -0.1) is 0 Å². The Kier molecular flexibility index (Phi) is 3.91. The van der Waals surface area contributed by atoms with Gasteiger partial charge in [-0.25, -0.2) is 0 Å². The molecule has 2 amide bonds. The van der Waals surface area contributed by atoms with E-state index < -0.39 is 0 Å². The number of amides is 2. The van der Waals surface area contributed by atoms with Crippen molar-refractivity contribution < 1.29 is 14.1 Å². The van der Waals surface area contributed by atoms with E-state index in [-0.39, 0.29) is 24.2 Å². The van der Waals surface area contributed by atoms with Gasteiger partial charge in [0.2, 0.25) is 11.8 Å². The molecule has 1 atom stereocenters. The third kappa shape index (κ3) is 3.00. The standard InChI is InChI=1S/C16H17N3O3/c1-11-7-13(18-22-11)9-17-16(21)12-8-15(20)19(10-12)14-5-3-2-4-6-14/h2-7,12H,8-10H2,1H3,(H,17,21). The van der Waals surface area contributed by atoms with Crippen LogP contribution in [0.5, 0.6) is 0 Å². The summed E-state index contributed by atoms with van der Waals surface area (Å²) in [6.45, 7) is 2.52. The lowest BCUT2D eigenvalue weighted by Gasteiger charge is -2.16. The molecular formula is C16H17N3O3. The minimum Gasteiger partial charge on any atom is -0.361 e. The first-order chi connectivity index (χ1) is 10.6. The van der Waals surface area contributed by atoms with Crippen LogP contribution in [-0.4, -0.2) is 23.5 Å². The molecule has 6 heteroatoms. The maximum absolute atomic E-state index is 12.2. The molecule has 2 heterocycles. The Morgan fingerprint density at radius 3 is 2.86 bits per heavy atom. The van der Waals surface area contributed by atoms with Crippen molar-refractivity contribution in [2.24, 2.45) is 5.92 Å². The lowest BCUT2D eigenvalue weighted by Crippen LogP contribution is -2.32. The van der Waals surface area contributed by atoms with Crippen molar-refractivity contribution in [2.45, 2.75) is 19.9 Å². The topological polar surface area (TPSA) is 75.4 Å². The number of anilines is 1. The molecule has 114 valence electrons. The molecule has 1 saturated heterocycles. The molecule has 6 nitrogen and oxygen atoms in total. The smallest absolute Gasteiger partial charge is 0.227 e. The molecule has 0 radical (unpaired) electrons. The SMILES string of the molecule is Cc1cc(CNC(=O)C2CC(=O)N(c3ccccc3)C2)no1. The van der Waals surface area contributed by atoms with Gasteiger partial charge in [0.15, 0.2) is 0 Å². The summed E-state index contributed by atoms with van der Waals surface area (Å²) in [5, 5.41) is 6.63. The van der Waals surface area contributed by atoms with Crippen LogP contribution in [-0.2, 0) is 16.1 Å². The van der Waals surface area contributed by atoms with Crippen molar-refractivity contribution in [1.29, 1.82) is 0 Å². The van der Waals surface area contributed by atoms with E-state index in [1.165, 1.54) is 0 Å². The molecular weight excluding hydrogens is 282 g/mol. The van der Waals surface area contributed by atoms with E-state index in [4.69, 9.17) is 4.52 Å². The fourth-order valence-electron chi connectivity index (χ4n) is 2.56. The second-order valence-corrected chi connectivity index (χ2v) is 5.39. The normalized spacial score (nSPS) is 17.8. The number of rotatable bonds is 4. The van der Waals surface area contributed by atoms with Crippen molar-refractivity contribution in [2.75, 3.05) is 11.4 Å². The van der Waals surface area contributed by atoms with Crippen LogP contribution >= 0.6 is 0 Å². The van der Waals surface area contributed by atoms with Crippen molar-refractivity contribution in [3.05, 3.63) is 47.9 Å². The van der Waals surface area contributed by atoms with Gasteiger partial charge in [-0.1, -0.05) is 23.4 Å². The Hall–Kier alpha value is -2.63. The van der Waals surface area contributed by atoms with E-state index in [1.54, 1.807) is 17.9 Å². The van der Waals surface area contributed by atoms with E-state index >= 15 is 0 Å². The average Bonchev–Trinajstić information content (AvgIpc) is 3.12. The summed E-state index contributed by atoms with van der Waals surface area (Å²) in [4.78, 5) is 25.9. The van der Waals surface area contributed by atoms with E-state index in [2.05, 4.69) is 10.5 Å². The van der Waals surface area contributed by atoms with E-state index in [9.17, 15) is 9.59 Å². The van der Waals surface area contributed by atoms with Crippen LogP contribution in [0.4, 0.5) is 5.69 Å². The van der Waals surface area contributed by atoms with Crippen LogP contribution in [0, 0.1) is 12.8 Å². The van der Waals surface area contributed by atoms with Gasteiger partial charge in [-0.05, 0) is 19.1 Å². The number of aryl methyl sites for hydroxylation is 1. The molecule has 1 unspecified atom stereocenters. The monoisotopic (exact) mass is 299 g/mol. The van der Waals surface area contributed by atoms with Crippen molar-refractivity contribution in [3.63, 3.8) is 0 Å². The molecule has 0 spiro atoms. The summed E-state index contributed by atoms with van der Waals surface area (Å²) in [5.41, 5.74) is 1.50. The van der Waals surface area contributed by atoms with Gasteiger partial charge in [-0.3, -0.25) is 9.59 Å². The second kappa shape index (κ2) is 6.01. The Bertz CT molecular complexity index is 681. The fraction of sp³-hybridized carbons (Fsp3) is 0.312. The summed E-state index contributed by atoms with van der Waals surface area (Å²) in [5.74, 6) is 0.215. The summed E-state index contributed by atoms with van der Waals surface area (Å²) in [6.07, 6.45) is 0.235. The van der Waals surface area contributed by atoms with Gasteiger partial charge in [0.1, 0.15) is 11.5 Å². The number of aromatic nitrogens is 1. The summed E-state index contributed by atoms with van der Waals surface area (Å²) < 4.78 is 4.95. The number of benzene rings is 1. The second-order valence-electron chi connectivity index (χ2n) is 5.39. The molecule has 1 N–H and O–H groups in total. The highest BCUT2D eigenvalue weighted by molar-refractivity contribution is 6.00. The van der Waals surface area contributed by atoms with Crippen molar-refractivity contribution in [3.8, 4) is 0 Å². The van der Waals surface area contributed by atoms with Crippen LogP contribution in [0.25, 0.3) is 0 Å². The highest BCUT2D eigenvalue weighted by atomic mass is 16.5. The van der Waals surface area contributed by atoms with E-state index in [0.717, 1.165) is 5.69 Å². The zero-order chi connectivity index (χ0) is 15.5. The zero-order valence-electron chi connectivity index (χ0n) is 12.3. The maximum Gasteiger partial charge on any atom is 0.227 e. The van der Waals surface area contributed by atoms with Gasteiger partial charge < -0.3 is 14.7 Å². The van der Waals surface area contributed by atoms with Crippen molar-refractivity contribution >= 4 is 17.5 Å². The number of carbonyl (C=O) groups excluding carboxylic acids is 2. The molecule has 1 aliphatic heterocycles. The number of nitrogens with zero attached hydrogens (tertiary/aromatic N) is 2. The van der Waals surface area contributed by atoms with Gasteiger partial charge in [0.25, 0.3) is 0 Å². The van der Waals surface area contributed by atoms with Crippen LogP contribution in [0.2, 0.25) is 0 Å². The molecule has 22 heavy (non-hydrogen) atoms. The molecule has 0 bridgehead atoms. The van der Waals surface area contributed by atoms with Gasteiger partial charge in [0, 0.05) is 24.7 Å². The quantitative estimate of drug-likeness (QED) is 0.931. The first kappa shape index (κ1) is 14.3. The van der Waals surface area contributed by atoms with Gasteiger partial charge in [0.05, 0.1) is 12.5 Å². The van der Waals surface area contributed by atoms with Crippen molar-refractivity contribution in [1.82, 2.24) is 10.5 Å². The predicted molar refractivity (Wildman–Crippen MR) is 80.0 cm³/mol. The molecule has 2 aromatic rings. The minimum absolute atomic E-state index is 0.0244. The highest BCUT2D eigenvalue weighted by Gasteiger charge is 2.34. The molecule has 1 aromatic carbocycles. The Labute approximate surface area is 128 Å². The molecule has 1 fully saturated rings. The van der Waals surface area contributed by atoms with Gasteiger partial charge in [-0.2, -0.15) is 0 Å². The van der Waals surface area contributed by atoms with E-state index in [0.29, 0.717) is 24.5 Å². The Morgan fingerprint density at radius 1 is 1.41 bits per heavy atom. The number of nitrogens with one attached hydrogen (secondary N) is 1. The van der Waals surface area contributed by atoms with Gasteiger partial charge >= 0.3 is 0 Å². The van der Waals surface area contributed by atoms with E-state index in [1.807, 2.05) is 30.3 Å². The number of hydrogen-bond donors (Lipinski definition) is 1. The van der Waals surface area contributed by atoms with Crippen LogP contribution in [0.1, 0.15) is 17.9 Å². The predicted octanol–water partition coefficient (Wildman–Crippen LogP) is 1.65. The largest absolute Gasteiger partial charge is 0.361 e. The Morgan fingerprint density at radius 2 is 2.18 bits per heavy atom. The molecule has 1 aromatic heterocycles. The molecule has 0 aliphatic carbocycles. The van der Waals surface area contributed by atoms with Crippen LogP contribution in [0.15, 0.2) is 40.9 Å². The van der Waals surface area contributed by atoms with Crippen LogP contribution < -0.4 is 10.2 Å². The van der Waals surface area contributed by atoms with Crippen LogP contribution in [0.3, 0.4) is 0 Å². The molecule has 0 saturated carbocycles. The third-order valence-electron chi connectivity index (χ3n) is 3.68. The summed E-state index contributed by atoms with van der Waals surface area (Å²) >= 11 is 0. The first-order valence-electron chi connectivity index (χ1n) is 7.19. The third-order valence-corrected chi connectivity index (χ3v) is 3.68. The lowest BCUT2D eigenvalue weighted by molar-refractivity contribution is -0.126. The highest BCUT2D eigenvalue weighted by Crippen LogP contribution is 2.24. The first-order valence-corrected chi connectivity index (χ1v) is 7.19. The average molecular weight is 299 g/mol. The molecule has 1 aliphatic rings. The zero-order valence-corrected chi connectivity index (χ0v) is 12.3.